The Morgan fingerprint density at radius 3 is 3.00 bits per heavy atom. The summed E-state index contributed by atoms with van der Waals surface area (Å²) in [5.74, 6) is 0. The molecule has 64 valence electrons. The van der Waals surface area contributed by atoms with Crippen LogP contribution in [0.4, 0.5) is 0 Å². The smallest absolute Gasteiger partial charge is 0.0452 e. The number of benzene rings is 1. The van der Waals surface area contributed by atoms with E-state index in [1.165, 1.54) is 11.1 Å². The van der Waals surface area contributed by atoms with Crippen LogP contribution in [0, 0.1) is 0 Å². The Kier molecular flexibility index (Phi) is 2.15. The largest absolute Gasteiger partial charge is 0.324 e. The molecule has 2 rings (SSSR count). The van der Waals surface area contributed by atoms with Gasteiger partial charge in [-0.1, -0.05) is 27.5 Å². The van der Waals surface area contributed by atoms with E-state index in [2.05, 4.69) is 22.0 Å². The first-order chi connectivity index (χ1) is 5.68. The maximum Gasteiger partial charge on any atom is 0.0452 e. The summed E-state index contributed by atoms with van der Waals surface area (Å²) in [4.78, 5) is 0. The first-order valence-corrected chi connectivity index (χ1v) is 5.09. The molecule has 0 bridgehead atoms. The summed E-state index contributed by atoms with van der Waals surface area (Å²) in [6.45, 7) is 0. The molecular weight excluding hydrogens is 237 g/mol. The van der Waals surface area contributed by atoms with Gasteiger partial charge in [0.1, 0.15) is 0 Å². The van der Waals surface area contributed by atoms with Crippen molar-refractivity contribution < 1.29 is 0 Å². The fourth-order valence-corrected chi connectivity index (χ4v) is 2.60. The van der Waals surface area contributed by atoms with Gasteiger partial charge in [0.2, 0.25) is 0 Å². The van der Waals surface area contributed by atoms with Crippen molar-refractivity contribution in [2.75, 3.05) is 0 Å². The van der Waals surface area contributed by atoms with Crippen LogP contribution in [-0.4, -0.2) is 0 Å². The molecule has 0 aliphatic heterocycles. The summed E-state index contributed by atoms with van der Waals surface area (Å²) in [7, 11) is 0. The molecule has 1 atom stereocenters. The molecule has 0 spiro atoms. The number of fused-ring (bicyclic) bond motifs is 1. The van der Waals surface area contributed by atoms with Gasteiger partial charge in [0.25, 0.3) is 0 Å². The molecular formula is C9H9BrClN. The molecule has 0 fully saturated rings. The minimum atomic E-state index is 0.176. The minimum absolute atomic E-state index is 0.176. The normalized spacial score (nSPS) is 21.1. The van der Waals surface area contributed by atoms with E-state index in [1.54, 1.807) is 0 Å². The Bertz CT molecular complexity index is 325. The fourth-order valence-electron chi connectivity index (χ4n) is 1.67. The third kappa shape index (κ3) is 1.28. The van der Waals surface area contributed by atoms with Gasteiger partial charge in [0.05, 0.1) is 0 Å². The third-order valence-electron chi connectivity index (χ3n) is 2.30. The van der Waals surface area contributed by atoms with Crippen LogP contribution < -0.4 is 5.73 Å². The molecule has 1 aromatic carbocycles. The molecule has 3 heteroatoms. The average Bonchev–Trinajstić information content (AvgIpc) is 2.33. The second-order valence-electron chi connectivity index (χ2n) is 3.10. The Morgan fingerprint density at radius 2 is 2.25 bits per heavy atom. The highest BCUT2D eigenvalue weighted by Gasteiger charge is 2.21. The van der Waals surface area contributed by atoms with Crippen molar-refractivity contribution in [2.45, 2.75) is 18.9 Å². The van der Waals surface area contributed by atoms with Crippen molar-refractivity contribution in [1.29, 1.82) is 0 Å². The van der Waals surface area contributed by atoms with Gasteiger partial charge in [0.15, 0.2) is 0 Å². The standard InChI is InChI=1S/C9H9BrClN/c10-5-3-7-6(8(11)4-5)1-2-9(7)12/h3-4,9H,1-2,12H2/t9-/m1/s1. The van der Waals surface area contributed by atoms with E-state index < -0.39 is 0 Å². The monoisotopic (exact) mass is 245 g/mol. The molecule has 1 nitrogen and oxygen atoms in total. The molecule has 0 radical (unpaired) electrons. The van der Waals surface area contributed by atoms with Gasteiger partial charge in [-0.05, 0) is 36.1 Å². The molecule has 0 saturated carbocycles. The number of rotatable bonds is 0. The average molecular weight is 247 g/mol. The first-order valence-electron chi connectivity index (χ1n) is 3.92. The van der Waals surface area contributed by atoms with Crippen LogP contribution in [-0.2, 0) is 6.42 Å². The lowest BCUT2D eigenvalue weighted by molar-refractivity contribution is 0.713. The molecule has 1 aromatic rings. The molecule has 12 heavy (non-hydrogen) atoms. The second kappa shape index (κ2) is 3.02. The van der Waals surface area contributed by atoms with Crippen molar-refractivity contribution >= 4 is 27.5 Å². The van der Waals surface area contributed by atoms with Crippen molar-refractivity contribution in [3.8, 4) is 0 Å². The summed E-state index contributed by atoms with van der Waals surface area (Å²) in [6, 6.07) is 4.17. The maximum absolute atomic E-state index is 6.05. The zero-order chi connectivity index (χ0) is 8.72. The van der Waals surface area contributed by atoms with Gasteiger partial charge in [-0.15, -0.1) is 0 Å². The van der Waals surface area contributed by atoms with Gasteiger partial charge in [-0.25, -0.2) is 0 Å². The number of hydrogen-bond acceptors (Lipinski definition) is 1. The zero-order valence-corrected chi connectivity index (χ0v) is 8.82. The molecule has 0 aromatic heterocycles. The molecule has 0 saturated heterocycles. The lowest BCUT2D eigenvalue weighted by Crippen LogP contribution is -2.04. The molecule has 0 heterocycles. The van der Waals surface area contributed by atoms with Gasteiger partial charge in [0, 0.05) is 15.5 Å². The van der Waals surface area contributed by atoms with Crippen molar-refractivity contribution in [3.05, 3.63) is 32.8 Å². The van der Waals surface area contributed by atoms with Gasteiger partial charge in [-0.3, -0.25) is 0 Å². The van der Waals surface area contributed by atoms with E-state index >= 15 is 0 Å². The highest BCUT2D eigenvalue weighted by atomic mass is 79.9. The minimum Gasteiger partial charge on any atom is -0.324 e. The van der Waals surface area contributed by atoms with E-state index in [1.807, 2.05) is 6.07 Å². The number of hydrogen-bond donors (Lipinski definition) is 1. The van der Waals surface area contributed by atoms with E-state index in [0.29, 0.717) is 0 Å². The van der Waals surface area contributed by atoms with Crippen LogP contribution in [0.2, 0.25) is 5.02 Å². The topological polar surface area (TPSA) is 26.0 Å². The second-order valence-corrected chi connectivity index (χ2v) is 4.42. The van der Waals surface area contributed by atoms with Crippen LogP contribution in [0.1, 0.15) is 23.6 Å². The fraction of sp³-hybridized carbons (Fsp3) is 0.333. The predicted molar refractivity (Wildman–Crippen MR) is 54.4 cm³/mol. The summed E-state index contributed by atoms with van der Waals surface area (Å²) in [5, 5.41) is 0.840. The van der Waals surface area contributed by atoms with Crippen LogP contribution in [0.5, 0.6) is 0 Å². The van der Waals surface area contributed by atoms with E-state index in [9.17, 15) is 0 Å². The van der Waals surface area contributed by atoms with Crippen molar-refractivity contribution in [2.24, 2.45) is 5.73 Å². The molecule has 1 aliphatic carbocycles. The first kappa shape index (κ1) is 8.54. The van der Waals surface area contributed by atoms with Gasteiger partial charge in [-0.2, -0.15) is 0 Å². The van der Waals surface area contributed by atoms with Crippen LogP contribution in [0.25, 0.3) is 0 Å². The van der Waals surface area contributed by atoms with Crippen molar-refractivity contribution in [1.82, 2.24) is 0 Å². The molecule has 1 aliphatic rings. The molecule has 0 unspecified atom stereocenters. The number of nitrogens with two attached hydrogens (primary N) is 1. The van der Waals surface area contributed by atoms with E-state index in [0.717, 1.165) is 22.3 Å². The number of halogens is 2. The summed E-state index contributed by atoms with van der Waals surface area (Å²) in [6.07, 6.45) is 2.04. The van der Waals surface area contributed by atoms with E-state index in [-0.39, 0.29) is 6.04 Å². The van der Waals surface area contributed by atoms with Crippen LogP contribution in [0.15, 0.2) is 16.6 Å². The molecule has 0 amide bonds. The van der Waals surface area contributed by atoms with Crippen molar-refractivity contribution in [3.63, 3.8) is 0 Å². The van der Waals surface area contributed by atoms with Gasteiger partial charge < -0.3 is 5.73 Å². The Balaban J connectivity index is 2.60. The van der Waals surface area contributed by atoms with Crippen LogP contribution in [0.3, 0.4) is 0 Å². The van der Waals surface area contributed by atoms with Gasteiger partial charge >= 0.3 is 0 Å². The lowest BCUT2D eigenvalue weighted by Gasteiger charge is -2.06. The van der Waals surface area contributed by atoms with Crippen LogP contribution >= 0.6 is 27.5 Å². The van der Waals surface area contributed by atoms with E-state index in [4.69, 9.17) is 17.3 Å². The Labute approximate surface area is 85.0 Å². The lowest BCUT2D eigenvalue weighted by atomic mass is 10.1. The summed E-state index contributed by atoms with van der Waals surface area (Å²) in [5.41, 5.74) is 8.34. The quantitative estimate of drug-likeness (QED) is 0.748. The SMILES string of the molecule is N[C@@H]1CCc2c(Cl)cc(Br)cc21. The Hall–Kier alpha value is -0.0500. The Morgan fingerprint density at radius 1 is 1.50 bits per heavy atom. The highest BCUT2D eigenvalue weighted by molar-refractivity contribution is 9.10. The summed E-state index contributed by atoms with van der Waals surface area (Å²) < 4.78 is 1.02. The maximum atomic E-state index is 6.05. The molecule has 2 N–H and O–H groups in total. The summed E-state index contributed by atoms with van der Waals surface area (Å²) >= 11 is 9.46. The zero-order valence-electron chi connectivity index (χ0n) is 6.48. The highest BCUT2D eigenvalue weighted by Crippen LogP contribution is 2.36. The predicted octanol–water partition coefficient (Wildman–Crippen LogP) is 3.05. The third-order valence-corrected chi connectivity index (χ3v) is 3.09.